The molecule has 1 rings (SSSR count). The number of nitrogens with zero attached hydrogens (tertiary/aromatic N) is 1. The molecule has 116 valence electrons. The topological polar surface area (TPSA) is 57.6 Å². The second-order valence-corrected chi connectivity index (χ2v) is 4.69. The van der Waals surface area contributed by atoms with Crippen LogP contribution in [-0.2, 0) is 16.0 Å². The third kappa shape index (κ3) is 6.29. The number of alkyl halides is 3. The SMILES string of the molecule is Cc1ccccc1CCC(=O)N(CC(=O)O)CC(F)(F)F. The molecule has 0 atom stereocenters. The van der Waals surface area contributed by atoms with Crippen LogP contribution in [0.25, 0.3) is 0 Å². The lowest BCUT2D eigenvalue weighted by atomic mass is 10.0. The second kappa shape index (κ2) is 7.10. The average Bonchev–Trinajstić information content (AvgIpc) is 2.34. The number of benzene rings is 1. The lowest BCUT2D eigenvalue weighted by molar-refractivity contribution is -0.165. The fourth-order valence-electron chi connectivity index (χ4n) is 1.90. The first-order valence-corrected chi connectivity index (χ1v) is 6.30. The highest BCUT2D eigenvalue weighted by molar-refractivity contribution is 5.81. The van der Waals surface area contributed by atoms with Gasteiger partial charge in [-0.05, 0) is 24.5 Å². The zero-order chi connectivity index (χ0) is 16.0. The maximum absolute atomic E-state index is 12.4. The van der Waals surface area contributed by atoms with E-state index in [1.54, 1.807) is 12.1 Å². The van der Waals surface area contributed by atoms with Gasteiger partial charge in [0.05, 0.1) is 0 Å². The van der Waals surface area contributed by atoms with Crippen molar-refractivity contribution in [1.82, 2.24) is 4.90 Å². The van der Waals surface area contributed by atoms with Crippen LogP contribution in [0.3, 0.4) is 0 Å². The van der Waals surface area contributed by atoms with Gasteiger partial charge in [0.1, 0.15) is 13.1 Å². The first-order chi connectivity index (χ1) is 9.69. The molecule has 0 spiro atoms. The number of hydrogen-bond acceptors (Lipinski definition) is 2. The minimum absolute atomic E-state index is 0.159. The van der Waals surface area contributed by atoms with E-state index in [-0.39, 0.29) is 12.8 Å². The van der Waals surface area contributed by atoms with Crippen LogP contribution >= 0.6 is 0 Å². The third-order valence-electron chi connectivity index (χ3n) is 2.92. The number of amides is 1. The van der Waals surface area contributed by atoms with Gasteiger partial charge < -0.3 is 10.0 Å². The fourth-order valence-corrected chi connectivity index (χ4v) is 1.90. The van der Waals surface area contributed by atoms with Gasteiger partial charge in [-0.3, -0.25) is 9.59 Å². The summed E-state index contributed by atoms with van der Waals surface area (Å²) in [4.78, 5) is 22.7. The Labute approximate surface area is 120 Å². The number of carbonyl (C=O) groups excluding carboxylic acids is 1. The Kier molecular flexibility index (Phi) is 5.75. The number of hydrogen-bond donors (Lipinski definition) is 1. The first kappa shape index (κ1) is 17.0. The summed E-state index contributed by atoms with van der Waals surface area (Å²) < 4.78 is 37.1. The number of rotatable bonds is 6. The minimum Gasteiger partial charge on any atom is -0.480 e. The standard InChI is InChI=1S/C14H16F3NO3/c1-10-4-2-3-5-11(10)6-7-12(19)18(8-13(20)21)9-14(15,16)17/h2-5H,6-9H2,1H3,(H,20,21). The van der Waals surface area contributed by atoms with Gasteiger partial charge in [0, 0.05) is 6.42 Å². The van der Waals surface area contributed by atoms with E-state index in [1.165, 1.54) is 0 Å². The number of aryl methyl sites for hydroxylation is 2. The molecule has 1 amide bonds. The minimum atomic E-state index is -4.62. The first-order valence-electron chi connectivity index (χ1n) is 6.30. The Bertz CT molecular complexity index is 514. The summed E-state index contributed by atoms with van der Waals surface area (Å²) in [6.07, 6.45) is -4.50. The van der Waals surface area contributed by atoms with E-state index in [4.69, 9.17) is 5.11 Å². The molecule has 0 saturated heterocycles. The monoisotopic (exact) mass is 303 g/mol. The average molecular weight is 303 g/mol. The molecule has 0 unspecified atom stereocenters. The highest BCUT2D eigenvalue weighted by Crippen LogP contribution is 2.18. The van der Waals surface area contributed by atoms with Gasteiger partial charge in [-0.25, -0.2) is 0 Å². The molecular formula is C14H16F3NO3. The van der Waals surface area contributed by atoms with Gasteiger partial charge in [0.25, 0.3) is 0 Å². The molecule has 7 heteroatoms. The molecule has 0 aromatic heterocycles. The van der Waals surface area contributed by atoms with Crippen LogP contribution in [0.1, 0.15) is 17.5 Å². The summed E-state index contributed by atoms with van der Waals surface area (Å²) in [5.74, 6) is -2.29. The molecule has 1 aromatic carbocycles. The molecule has 0 saturated carbocycles. The maximum atomic E-state index is 12.4. The summed E-state index contributed by atoms with van der Waals surface area (Å²) in [5.41, 5.74) is 1.79. The number of halogens is 3. The quantitative estimate of drug-likeness (QED) is 0.878. The van der Waals surface area contributed by atoms with Gasteiger partial charge in [-0.1, -0.05) is 24.3 Å². The fraction of sp³-hybridized carbons (Fsp3) is 0.429. The Morgan fingerprint density at radius 2 is 1.86 bits per heavy atom. The van der Waals surface area contributed by atoms with Crippen molar-refractivity contribution < 1.29 is 27.9 Å². The Morgan fingerprint density at radius 1 is 1.24 bits per heavy atom. The van der Waals surface area contributed by atoms with Gasteiger partial charge >= 0.3 is 12.1 Å². The van der Waals surface area contributed by atoms with Gasteiger partial charge in [0.15, 0.2) is 0 Å². The second-order valence-electron chi connectivity index (χ2n) is 4.69. The van der Waals surface area contributed by atoms with Crippen molar-refractivity contribution in [3.05, 3.63) is 35.4 Å². The van der Waals surface area contributed by atoms with Crippen molar-refractivity contribution in [2.24, 2.45) is 0 Å². The summed E-state index contributed by atoms with van der Waals surface area (Å²) in [6, 6.07) is 7.22. The van der Waals surface area contributed by atoms with E-state index in [9.17, 15) is 22.8 Å². The van der Waals surface area contributed by atoms with E-state index in [1.807, 2.05) is 19.1 Å². The summed E-state index contributed by atoms with van der Waals surface area (Å²) in [5, 5.41) is 8.60. The molecule has 1 N–H and O–H groups in total. The molecule has 1 aromatic rings. The largest absolute Gasteiger partial charge is 0.480 e. The van der Waals surface area contributed by atoms with Crippen LogP contribution in [0.15, 0.2) is 24.3 Å². The van der Waals surface area contributed by atoms with E-state index in [0.29, 0.717) is 4.90 Å². The van der Waals surface area contributed by atoms with Crippen LogP contribution in [0.2, 0.25) is 0 Å². The van der Waals surface area contributed by atoms with Crippen molar-refractivity contribution in [3.8, 4) is 0 Å². The highest BCUT2D eigenvalue weighted by atomic mass is 19.4. The van der Waals surface area contributed by atoms with E-state index >= 15 is 0 Å². The van der Waals surface area contributed by atoms with Crippen molar-refractivity contribution in [2.75, 3.05) is 13.1 Å². The Balaban J connectivity index is 2.68. The smallest absolute Gasteiger partial charge is 0.406 e. The summed E-state index contributed by atoms with van der Waals surface area (Å²) in [7, 11) is 0. The number of carboxylic acid groups (broad SMARTS) is 1. The van der Waals surface area contributed by atoms with Crippen LogP contribution in [0.5, 0.6) is 0 Å². The molecule has 0 fully saturated rings. The lowest BCUT2D eigenvalue weighted by Gasteiger charge is -2.22. The van der Waals surface area contributed by atoms with Crippen molar-refractivity contribution in [2.45, 2.75) is 25.9 Å². The Hall–Kier alpha value is -2.05. The van der Waals surface area contributed by atoms with E-state index in [2.05, 4.69) is 0 Å². The van der Waals surface area contributed by atoms with Crippen LogP contribution in [0, 0.1) is 6.92 Å². The normalized spacial score (nSPS) is 11.2. The Morgan fingerprint density at radius 3 is 2.38 bits per heavy atom. The highest BCUT2D eigenvalue weighted by Gasteiger charge is 2.33. The molecule has 0 aliphatic heterocycles. The maximum Gasteiger partial charge on any atom is 0.406 e. The predicted octanol–water partition coefficient (Wildman–Crippen LogP) is 2.40. The number of aliphatic carboxylic acids is 1. The number of carbonyl (C=O) groups is 2. The third-order valence-corrected chi connectivity index (χ3v) is 2.92. The molecule has 0 aliphatic rings. The van der Waals surface area contributed by atoms with Crippen molar-refractivity contribution >= 4 is 11.9 Å². The molecule has 21 heavy (non-hydrogen) atoms. The van der Waals surface area contributed by atoms with Crippen LogP contribution in [0.4, 0.5) is 13.2 Å². The van der Waals surface area contributed by atoms with Crippen LogP contribution < -0.4 is 0 Å². The summed E-state index contributed by atoms with van der Waals surface area (Å²) >= 11 is 0. The van der Waals surface area contributed by atoms with E-state index in [0.717, 1.165) is 11.1 Å². The number of carboxylic acids is 1. The zero-order valence-corrected chi connectivity index (χ0v) is 11.5. The lowest BCUT2D eigenvalue weighted by Crippen LogP contribution is -2.42. The van der Waals surface area contributed by atoms with Crippen LogP contribution in [-0.4, -0.2) is 41.1 Å². The van der Waals surface area contributed by atoms with Gasteiger partial charge in [-0.15, -0.1) is 0 Å². The van der Waals surface area contributed by atoms with Crippen molar-refractivity contribution in [3.63, 3.8) is 0 Å². The van der Waals surface area contributed by atoms with Gasteiger partial charge in [0.2, 0.25) is 5.91 Å². The molecular weight excluding hydrogens is 287 g/mol. The predicted molar refractivity (Wildman–Crippen MR) is 69.8 cm³/mol. The van der Waals surface area contributed by atoms with Crippen molar-refractivity contribution in [1.29, 1.82) is 0 Å². The summed E-state index contributed by atoms with van der Waals surface area (Å²) in [6.45, 7) is -0.664. The molecule has 4 nitrogen and oxygen atoms in total. The zero-order valence-electron chi connectivity index (χ0n) is 11.5. The molecule has 0 bridgehead atoms. The molecule has 0 heterocycles. The molecule has 0 aliphatic carbocycles. The van der Waals surface area contributed by atoms with E-state index < -0.39 is 31.1 Å². The molecule has 0 radical (unpaired) electrons. The van der Waals surface area contributed by atoms with Gasteiger partial charge in [-0.2, -0.15) is 13.2 Å².